The Morgan fingerprint density at radius 3 is 2.50 bits per heavy atom. The van der Waals surface area contributed by atoms with Gasteiger partial charge in [0, 0.05) is 32.1 Å². The van der Waals surface area contributed by atoms with E-state index in [2.05, 4.69) is 84.7 Å². The number of benzene rings is 2. The standard InChI is InChI=1S/C25H36N4O/c1-4-26-25(27-16-21-10-12-22(13-11-21)17-28(2)3)29-15-14-24(18-29)20-30-19-23-8-6-5-7-9-23/h5-13,24H,4,14-20H2,1-3H3,(H,26,27). The van der Waals surface area contributed by atoms with E-state index in [0.717, 1.165) is 45.2 Å². The van der Waals surface area contributed by atoms with Crippen molar-refractivity contribution in [2.45, 2.75) is 33.0 Å². The van der Waals surface area contributed by atoms with E-state index in [4.69, 9.17) is 9.73 Å². The van der Waals surface area contributed by atoms with Crippen molar-refractivity contribution >= 4 is 5.96 Å². The second-order valence-corrected chi connectivity index (χ2v) is 8.33. The Bertz CT molecular complexity index is 773. The number of ether oxygens (including phenoxy) is 1. The van der Waals surface area contributed by atoms with Crippen molar-refractivity contribution in [3.63, 3.8) is 0 Å². The molecule has 1 heterocycles. The zero-order valence-corrected chi connectivity index (χ0v) is 18.7. The Kier molecular flexibility index (Phi) is 8.72. The molecule has 5 nitrogen and oxygen atoms in total. The maximum absolute atomic E-state index is 5.97. The van der Waals surface area contributed by atoms with Gasteiger partial charge < -0.3 is 19.9 Å². The summed E-state index contributed by atoms with van der Waals surface area (Å²) in [5, 5.41) is 3.46. The van der Waals surface area contributed by atoms with Crippen molar-refractivity contribution in [3.05, 3.63) is 71.3 Å². The average Bonchev–Trinajstić information content (AvgIpc) is 3.21. The first kappa shape index (κ1) is 22.3. The van der Waals surface area contributed by atoms with Crippen LogP contribution in [0.25, 0.3) is 0 Å². The molecule has 0 radical (unpaired) electrons. The van der Waals surface area contributed by atoms with E-state index in [9.17, 15) is 0 Å². The van der Waals surface area contributed by atoms with Crippen molar-refractivity contribution in [2.75, 3.05) is 40.3 Å². The highest BCUT2D eigenvalue weighted by molar-refractivity contribution is 5.80. The number of nitrogens with one attached hydrogen (secondary N) is 1. The van der Waals surface area contributed by atoms with Crippen LogP contribution >= 0.6 is 0 Å². The SMILES string of the molecule is CCNC(=NCc1ccc(CN(C)C)cc1)N1CCC(COCc2ccccc2)C1. The molecule has 0 spiro atoms. The molecule has 2 aromatic rings. The molecule has 1 fully saturated rings. The van der Waals surface area contributed by atoms with Gasteiger partial charge in [0.1, 0.15) is 0 Å². The molecule has 30 heavy (non-hydrogen) atoms. The molecule has 1 unspecified atom stereocenters. The largest absolute Gasteiger partial charge is 0.376 e. The molecule has 1 saturated heterocycles. The maximum atomic E-state index is 5.97. The molecule has 0 aliphatic carbocycles. The Morgan fingerprint density at radius 2 is 1.80 bits per heavy atom. The predicted molar refractivity (Wildman–Crippen MR) is 124 cm³/mol. The summed E-state index contributed by atoms with van der Waals surface area (Å²) in [5.41, 5.74) is 3.81. The third-order valence-electron chi connectivity index (χ3n) is 5.32. The van der Waals surface area contributed by atoms with Crippen LogP contribution < -0.4 is 5.32 Å². The van der Waals surface area contributed by atoms with Crippen molar-refractivity contribution in [3.8, 4) is 0 Å². The molecule has 1 aliphatic heterocycles. The highest BCUT2D eigenvalue weighted by atomic mass is 16.5. The van der Waals surface area contributed by atoms with Gasteiger partial charge in [-0.3, -0.25) is 0 Å². The first-order valence-corrected chi connectivity index (χ1v) is 11.0. The monoisotopic (exact) mass is 408 g/mol. The van der Waals surface area contributed by atoms with Gasteiger partial charge in [0.2, 0.25) is 0 Å². The Morgan fingerprint density at radius 1 is 1.07 bits per heavy atom. The van der Waals surface area contributed by atoms with Crippen LogP contribution in [-0.2, 0) is 24.4 Å². The second kappa shape index (κ2) is 11.7. The molecule has 1 atom stereocenters. The zero-order valence-electron chi connectivity index (χ0n) is 18.7. The predicted octanol–water partition coefficient (Wildman–Crippen LogP) is 3.75. The number of rotatable bonds is 9. The minimum absolute atomic E-state index is 0.558. The van der Waals surface area contributed by atoms with Crippen LogP contribution in [0.1, 0.15) is 30.0 Å². The lowest BCUT2D eigenvalue weighted by atomic mass is 10.1. The van der Waals surface area contributed by atoms with Crippen LogP contribution in [0, 0.1) is 5.92 Å². The van der Waals surface area contributed by atoms with Gasteiger partial charge in [0.25, 0.3) is 0 Å². The number of aliphatic imine (C=N–C) groups is 1. The van der Waals surface area contributed by atoms with Crippen molar-refractivity contribution in [1.29, 1.82) is 0 Å². The number of guanidine groups is 1. The molecule has 0 amide bonds. The van der Waals surface area contributed by atoms with Crippen LogP contribution in [0.2, 0.25) is 0 Å². The van der Waals surface area contributed by atoms with Crippen LogP contribution in [0.4, 0.5) is 0 Å². The number of hydrogen-bond donors (Lipinski definition) is 1. The second-order valence-electron chi connectivity index (χ2n) is 8.33. The summed E-state index contributed by atoms with van der Waals surface area (Å²) in [6, 6.07) is 19.2. The molecular weight excluding hydrogens is 372 g/mol. The minimum Gasteiger partial charge on any atom is -0.376 e. The fourth-order valence-corrected chi connectivity index (χ4v) is 3.79. The van der Waals surface area contributed by atoms with Gasteiger partial charge in [-0.25, -0.2) is 4.99 Å². The molecule has 3 rings (SSSR count). The van der Waals surface area contributed by atoms with Gasteiger partial charge in [0.05, 0.1) is 19.8 Å². The summed E-state index contributed by atoms with van der Waals surface area (Å²) in [7, 11) is 4.19. The fraction of sp³-hybridized carbons (Fsp3) is 0.480. The van der Waals surface area contributed by atoms with Gasteiger partial charge in [-0.15, -0.1) is 0 Å². The Labute approximate surface area is 181 Å². The third kappa shape index (κ3) is 7.15. The average molecular weight is 409 g/mol. The Hall–Kier alpha value is -2.37. The quantitative estimate of drug-likeness (QED) is 0.507. The molecule has 0 aromatic heterocycles. The highest BCUT2D eigenvalue weighted by Crippen LogP contribution is 2.18. The van der Waals surface area contributed by atoms with Gasteiger partial charge >= 0.3 is 0 Å². The molecular formula is C25H36N4O. The zero-order chi connectivity index (χ0) is 21.2. The van der Waals surface area contributed by atoms with Crippen molar-refractivity contribution < 1.29 is 4.74 Å². The molecule has 2 aromatic carbocycles. The van der Waals surface area contributed by atoms with Crippen molar-refractivity contribution in [1.82, 2.24) is 15.1 Å². The van der Waals surface area contributed by atoms with Crippen LogP contribution in [0.15, 0.2) is 59.6 Å². The highest BCUT2D eigenvalue weighted by Gasteiger charge is 2.25. The number of nitrogens with zero attached hydrogens (tertiary/aromatic N) is 3. The maximum Gasteiger partial charge on any atom is 0.194 e. The molecule has 0 bridgehead atoms. The first-order valence-electron chi connectivity index (χ1n) is 11.0. The normalized spacial score (nSPS) is 17.0. The van der Waals surface area contributed by atoms with E-state index in [1.165, 1.54) is 16.7 Å². The van der Waals surface area contributed by atoms with Crippen LogP contribution in [0.3, 0.4) is 0 Å². The molecule has 162 valence electrons. The summed E-state index contributed by atoms with van der Waals surface area (Å²) in [6.07, 6.45) is 1.15. The fourth-order valence-electron chi connectivity index (χ4n) is 3.79. The van der Waals surface area contributed by atoms with E-state index in [0.29, 0.717) is 19.1 Å². The summed E-state index contributed by atoms with van der Waals surface area (Å²) in [6.45, 7) is 8.21. The minimum atomic E-state index is 0.558. The lowest BCUT2D eigenvalue weighted by Gasteiger charge is -2.21. The first-order chi connectivity index (χ1) is 14.6. The molecule has 0 saturated carbocycles. The lowest BCUT2D eigenvalue weighted by Crippen LogP contribution is -2.40. The summed E-state index contributed by atoms with van der Waals surface area (Å²) < 4.78 is 5.97. The van der Waals surface area contributed by atoms with E-state index in [1.807, 2.05) is 6.07 Å². The van der Waals surface area contributed by atoms with E-state index >= 15 is 0 Å². The summed E-state index contributed by atoms with van der Waals surface area (Å²) in [4.78, 5) is 9.46. The van der Waals surface area contributed by atoms with Crippen LogP contribution in [-0.4, -0.2) is 56.1 Å². The number of likely N-dealkylation sites (tertiary alicyclic amines) is 1. The topological polar surface area (TPSA) is 40.1 Å². The van der Waals surface area contributed by atoms with Crippen LogP contribution in [0.5, 0.6) is 0 Å². The smallest absolute Gasteiger partial charge is 0.194 e. The van der Waals surface area contributed by atoms with Crippen molar-refractivity contribution in [2.24, 2.45) is 10.9 Å². The van der Waals surface area contributed by atoms with Gasteiger partial charge in [-0.1, -0.05) is 54.6 Å². The number of hydrogen-bond acceptors (Lipinski definition) is 3. The summed E-state index contributed by atoms with van der Waals surface area (Å²) in [5.74, 6) is 1.57. The molecule has 1 N–H and O–H groups in total. The molecule has 1 aliphatic rings. The Balaban J connectivity index is 1.49. The van der Waals surface area contributed by atoms with E-state index < -0.39 is 0 Å². The third-order valence-corrected chi connectivity index (χ3v) is 5.32. The van der Waals surface area contributed by atoms with Gasteiger partial charge in [-0.05, 0) is 44.1 Å². The van der Waals surface area contributed by atoms with Gasteiger partial charge in [0.15, 0.2) is 5.96 Å². The molecule has 5 heteroatoms. The van der Waals surface area contributed by atoms with E-state index in [1.54, 1.807) is 0 Å². The summed E-state index contributed by atoms with van der Waals surface area (Å²) >= 11 is 0. The van der Waals surface area contributed by atoms with E-state index in [-0.39, 0.29) is 0 Å². The van der Waals surface area contributed by atoms with Gasteiger partial charge in [-0.2, -0.15) is 0 Å². The lowest BCUT2D eigenvalue weighted by molar-refractivity contribution is 0.0906.